The fourth-order valence-corrected chi connectivity index (χ4v) is 7.66. The zero-order chi connectivity index (χ0) is 38.7. The molecule has 0 radical (unpaired) electrons. The number of amides is 1. The van der Waals surface area contributed by atoms with Crippen LogP contribution in [0.25, 0.3) is 0 Å². The topological polar surface area (TPSA) is 192 Å². The summed E-state index contributed by atoms with van der Waals surface area (Å²) in [6.07, 6.45) is 5.35. The number of sulfonamides is 1. The Labute approximate surface area is 310 Å². The van der Waals surface area contributed by atoms with Crippen molar-refractivity contribution in [2.75, 3.05) is 13.1 Å². The number of oxime groups is 2. The summed E-state index contributed by atoms with van der Waals surface area (Å²) in [4.78, 5) is 32.3. The predicted octanol–water partition coefficient (Wildman–Crippen LogP) is 4.12. The molecule has 0 unspecified atom stereocenters. The van der Waals surface area contributed by atoms with Crippen LogP contribution in [0, 0.1) is 11.8 Å². The van der Waals surface area contributed by atoms with Gasteiger partial charge in [0.05, 0.1) is 35.5 Å². The third kappa shape index (κ3) is 10.5. The maximum atomic E-state index is 14.3. The standard InChI is InChI=1S/C38H49N7O7S/c1-6-27(4)36(45-19-18-43(38(45)48)24-31-16-17-39-33(21-31)28(5)42-50)37(47)41-34(20-29-10-8-7-9-11-29)35(46)25-44(23-26(2)3)53(51,52)32-14-12-30(13-15-32)22-40-49/h7-19,21-22,26-27,34-36,46,49-50H,6,20,23-25H2,1-5H3,(H,41,47)/b40-22+,42-28?/t27-,34-,35+,36-/m0/s1. The Hall–Kier alpha value is -5.12. The van der Waals surface area contributed by atoms with Crippen molar-refractivity contribution in [1.82, 2.24) is 23.7 Å². The molecule has 0 fully saturated rings. The average molecular weight is 748 g/mol. The van der Waals surface area contributed by atoms with Gasteiger partial charge in [-0.05, 0) is 66.1 Å². The van der Waals surface area contributed by atoms with E-state index in [0.29, 0.717) is 23.4 Å². The monoisotopic (exact) mass is 747 g/mol. The molecule has 0 saturated carbocycles. The number of pyridine rings is 1. The van der Waals surface area contributed by atoms with Crippen molar-refractivity contribution in [2.24, 2.45) is 22.1 Å². The molecule has 53 heavy (non-hydrogen) atoms. The molecule has 2 aromatic carbocycles. The number of aromatic nitrogens is 3. The van der Waals surface area contributed by atoms with Crippen LogP contribution in [0.3, 0.4) is 0 Å². The van der Waals surface area contributed by atoms with Crippen LogP contribution in [-0.2, 0) is 27.8 Å². The molecule has 0 aliphatic heterocycles. The zero-order valence-corrected chi connectivity index (χ0v) is 31.5. The summed E-state index contributed by atoms with van der Waals surface area (Å²) in [6, 6.07) is 16.7. The summed E-state index contributed by atoms with van der Waals surface area (Å²) < 4.78 is 31.9. The van der Waals surface area contributed by atoms with E-state index in [-0.39, 0.29) is 42.8 Å². The highest BCUT2D eigenvalue weighted by Gasteiger charge is 2.34. The van der Waals surface area contributed by atoms with E-state index < -0.39 is 39.8 Å². The summed E-state index contributed by atoms with van der Waals surface area (Å²) in [5, 5.41) is 39.0. The van der Waals surface area contributed by atoms with E-state index in [0.717, 1.165) is 11.1 Å². The largest absolute Gasteiger partial charge is 0.411 e. The quantitative estimate of drug-likeness (QED) is 0.0664. The Morgan fingerprint density at radius 1 is 1.00 bits per heavy atom. The fourth-order valence-electron chi connectivity index (χ4n) is 6.04. The molecule has 4 rings (SSSR count). The Kier molecular flexibility index (Phi) is 14.2. The molecule has 2 aromatic heterocycles. The second kappa shape index (κ2) is 18.6. The number of benzene rings is 2. The highest BCUT2D eigenvalue weighted by atomic mass is 32.2. The van der Waals surface area contributed by atoms with Gasteiger partial charge in [0.25, 0.3) is 0 Å². The molecule has 2 heterocycles. The Bertz CT molecular complexity index is 2030. The number of aliphatic hydroxyl groups excluding tert-OH is 1. The molecule has 4 aromatic rings. The Morgan fingerprint density at radius 3 is 2.32 bits per heavy atom. The molecule has 0 aliphatic carbocycles. The van der Waals surface area contributed by atoms with Crippen molar-refractivity contribution in [1.29, 1.82) is 0 Å². The number of nitrogens with one attached hydrogen (secondary N) is 1. The normalized spacial score (nSPS) is 14.8. The van der Waals surface area contributed by atoms with Crippen LogP contribution in [0.4, 0.5) is 0 Å². The van der Waals surface area contributed by atoms with Crippen LogP contribution in [-0.4, -0.2) is 85.4 Å². The fraction of sp³-hybridized carbons (Fsp3) is 0.395. The van der Waals surface area contributed by atoms with E-state index in [1.807, 2.05) is 58.0 Å². The molecule has 15 heteroatoms. The minimum Gasteiger partial charge on any atom is -0.411 e. The number of carbonyl (C=O) groups is 1. The lowest BCUT2D eigenvalue weighted by molar-refractivity contribution is -0.127. The highest BCUT2D eigenvalue weighted by Crippen LogP contribution is 2.23. The molecule has 0 bridgehead atoms. The van der Waals surface area contributed by atoms with Crippen molar-refractivity contribution in [2.45, 2.75) is 77.1 Å². The maximum absolute atomic E-state index is 14.3. The number of rotatable bonds is 18. The number of hydrogen-bond acceptors (Lipinski definition) is 10. The SMILES string of the molecule is CC[C@H](C)[C@@H](C(=O)N[C@@H](Cc1ccccc1)[C@H](O)CN(CC(C)C)S(=O)(=O)c1ccc(/C=N/O)cc1)n1ccn(Cc2ccnc(C(C)=NO)c2)c1=O. The lowest BCUT2D eigenvalue weighted by Gasteiger charge is -2.32. The average Bonchev–Trinajstić information content (AvgIpc) is 3.49. The van der Waals surface area contributed by atoms with Crippen LogP contribution in [0.2, 0.25) is 0 Å². The van der Waals surface area contributed by atoms with Gasteiger partial charge in [-0.2, -0.15) is 4.31 Å². The van der Waals surface area contributed by atoms with Crippen LogP contribution in [0.5, 0.6) is 0 Å². The molecule has 284 valence electrons. The molecule has 4 N–H and O–H groups in total. The van der Waals surface area contributed by atoms with E-state index in [9.17, 15) is 23.1 Å². The summed E-state index contributed by atoms with van der Waals surface area (Å²) in [5.74, 6) is -0.860. The zero-order valence-electron chi connectivity index (χ0n) is 30.6. The van der Waals surface area contributed by atoms with Crippen LogP contribution < -0.4 is 11.0 Å². The van der Waals surface area contributed by atoms with Crippen LogP contribution in [0.1, 0.15) is 69.5 Å². The van der Waals surface area contributed by atoms with E-state index in [1.54, 1.807) is 37.6 Å². The molecule has 1 amide bonds. The second-order valence-electron chi connectivity index (χ2n) is 13.6. The smallest absolute Gasteiger partial charge is 0.329 e. The van der Waals surface area contributed by atoms with Gasteiger partial charge in [0, 0.05) is 31.7 Å². The van der Waals surface area contributed by atoms with E-state index in [4.69, 9.17) is 10.4 Å². The molecular weight excluding hydrogens is 699 g/mol. The van der Waals surface area contributed by atoms with Crippen molar-refractivity contribution in [3.05, 3.63) is 118 Å². The molecular formula is C38H49N7O7S. The first-order valence-electron chi connectivity index (χ1n) is 17.5. The minimum absolute atomic E-state index is 0.00413. The number of nitrogens with zero attached hydrogens (tertiary/aromatic N) is 6. The van der Waals surface area contributed by atoms with Gasteiger partial charge in [-0.15, -0.1) is 0 Å². The van der Waals surface area contributed by atoms with Gasteiger partial charge in [-0.25, -0.2) is 13.2 Å². The third-order valence-electron chi connectivity index (χ3n) is 9.10. The van der Waals surface area contributed by atoms with Gasteiger partial charge >= 0.3 is 5.69 Å². The summed E-state index contributed by atoms with van der Waals surface area (Å²) in [6.45, 7) is 9.13. The maximum Gasteiger partial charge on any atom is 0.329 e. The molecule has 0 saturated heterocycles. The number of hydrogen-bond donors (Lipinski definition) is 4. The molecule has 4 atom stereocenters. The third-order valence-corrected chi connectivity index (χ3v) is 10.9. The first kappa shape index (κ1) is 40.6. The lowest BCUT2D eigenvalue weighted by atomic mass is 9.96. The first-order chi connectivity index (χ1) is 25.3. The summed E-state index contributed by atoms with van der Waals surface area (Å²) in [7, 11) is -4.09. The van der Waals surface area contributed by atoms with E-state index in [1.165, 1.54) is 43.9 Å². The second-order valence-corrected chi connectivity index (χ2v) is 15.5. The molecule has 14 nitrogen and oxygen atoms in total. The van der Waals surface area contributed by atoms with Crippen LogP contribution >= 0.6 is 0 Å². The summed E-state index contributed by atoms with van der Waals surface area (Å²) in [5.41, 5.74) is 2.44. The van der Waals surface area contributed by atoms with Crippen molar-refractivity contribution >= 4 is 27.9 Å². The van der Waals surface area contributed by atoms with Gasteiger partial charge in [0.2, 0.25) is 15.9 Å². The highest BCUT2D eigenvalue weighted by molar-refractivity contribution is 7.89. The molecule has 0 spiro atoms. The molecule has 0 aliphatic rings. The van der Waals surface area contributed by atoms with Gasteiger partial charge in [0.1, 0.15) is 11.8 Å². The van der Waals surface area contributed by atoms with Gasteiger partial charge < -0.3 is 20.8 Å². The number of imidazole rings is 1. The van der Waals surface area contributed by atoms with Crippen molar-refractivity contribution in [3.8, 4) is 0 Å². The summed E-state index contributed by atoms with van der Waals surface area (Å²) >= 11 is 0. The number of aliphatic hydroxyl groups is 1. The Balaban J connectivity index is 1.65. The van der Waals surface area contributed by atoms with Gasteiger partial charge in [-0.3, -0.25) is 18.9 Å². The van der Waals surface area contributed by atoms with E-state index >= 15 is 0 Å². The van der Waals surface area contributed by atoms with E-state index in [2.05, 4.69) is 20.6 Å². The lowest BCUT2D eigenvalue weighted by Crippen LogP contribution is -2.53. The number of carbonyl (C=O) groups excluding carboxylic acids is 1. The van der Waals surface area contributed by atoms with Crippen molar-refractivity contribution in [3.63, 3.8) is 0 Å². The first-order valence-corrected chi connectivity index (χ1v) is 18.9. The van der Waals surface area contributed by atoms with Gasteiger partial charge in [-0.1, -0.05) is 86.9 Å². The Morgan fingerprint density at radius 2 is 1.70 bits per heavy atom. The van der Waals surface area contributed by atoms with Crippen LogP contribution in [0.15, 0.2) is 105 Å². The van der Waals surface area contributed by atoms with Gasteiger partial charge in [0.15, 0.2) is 0 Å². The van der Waals surface area contributed by atoms with Crippen molar-refractivity contribution < 1.29 is 28.7 Å². The predicted molar refractivity (Wildman–Crippen MR) is 202 cm³/mol. The minimum atomic E-state index is -4.09.